The molecule has 0 aromatic rings. The van der Waals surface area contributed by atoms with Crippen LogP contribution in [0.2, 0.25) is 0 Å². The van der Waals surface area contributed by atoms with Crippen LogP contribution in [0.3, 0.4) is 0 Å². The topological polar surface area (TPSA) is 43.0 Å². The van der Waals surface area contributed by atoms with Crippen LogP contribution in [-0.2, 0) is 14.2 Å². The summed E-state index contributed by atoms with van der Waals surface area (Å²) < 4.78 is 15.9. The molecule has 1 aliphatic heterocycles. The predicted octanol–water partition coefficient (Wildman–Crippen LogP) is -0.430. The van der Waals surface area contributed by atoms with Gasteiger partial charge in [-0.3, -0.25) is 0 Å². The molecule has 1 N–H and O–H groups in total. The quantitative estimate of drug-likeness (QED) is 0.575. The summed E-state index contributed by atoms with van der Waals surface area (Å²) in [6, 6.07) is 0. The van der Waals surface area contributed by atoms with Gasteiger partial charge in [-0.1, -0.05) is 0 Å². The van der Waals surface area contributed by atoms with Crippen LogP contribution in [-0.4, -0.2) is 77.8 Å². The first-order valence-electron chi connectivity index (χ1n) is 5.90. The zero-order valence-corrected chi connectivity index (χ0v) is 10.4. The number of nitrogens with one attached hydrogen (secondary N) is 1. The smallest absolute Gasteiger partial charge is 0.0826 e. The fraction of sp³-hybridized carbons (Fsp3) is 1.00. The highest BCUT2D eigenvalue weighted by atomic mass is 16.5. The Kier molecular flexibility index (Phi) is 7.71. The van der Waals surface area contributed by atoms with Gasteiger partial charge in [0.15, 0.2) is 0 Å². The molecule has 5 nitrogen and oxygen atoms in total. The maximum atomic E-state index is 5.63. The van der Waals surface area contributed by atoms with E-state index in [1.165, 1.54) is 0 Å². The van der Waals surface area contributed by atoms with E-state index < -0.39 is 0 Å². The van der Waals surface area contributed by atoms with E-state index in [4.69, 9.17) is 14.2 Å². The van der Waals surface area contributed by atoms with Gasteiger partial charge < -0.3 is 24.4 Å². The highest BCUT2D eigenvalue weighted by molar-refractivity contribution is 4.70. The van der Waals surface area contributed by atoms with Crippen molar-refractivity contribution in [2.45, 2.75) is 6.10 Å². The molecule has 1 aliphatic rings. The van der Waals surface area contributed by atoms with Crippen LogP contribution in [0.1, 0.15) is 0 Å². The molecule has 0 aliphatic carbocycles. The van der Waals surface area contributed by atoms with Gasteiger partial charge in [0.1, 0.15) is 0 Å². The Labute approximate surface area is 98.0 Å². The van der Waals surface area contributed by atoms with Crippen molar-refractivity contribution in [3.05, 3.63) is 0 Å². The molecule has 96 valence electrons. The molecule has 1 unspecified atom stereocenters. The normalized spacial score (nSPS) is 21.6. The molecular weight excluding hydrogens is 208 g/mol. The number of hydrogen-bond donors (Lipinski definition) is 1. The molecule has 0 saturated carbocycles. The minimum Gasteiger partial charge on any atom is -0.382 e. The monoisotopic (exact) mass is 232 g/mol. The Balaban J connectivity index is 1.95. The standard InChI is InChI=1S/C11H24N2O3/c1-13(4-6-15-8-7-14-2)10-11-9-12-3-5-16-11/h11-12H,3-10H2,1-2H3. The van der Waals surface area contributed by atoms with Crippen molar-refractivity contribution in [2.24, 2.45) is 0 Å². The van der Waals surface area contributed by atoms with Crippen molar-refractivity contribution in [2.75, 3.05) is 66.8 Å². The van der Waals surface area contributed by atoms with Crippen molar-refractivity contribution in [1.29, 1.82) is 0 Å². The van der Waals surface area contributed by atoms with Crippen LogP contribution in [0.25, 0.3) is 0 Å². The molecule has 1 heterocycles. The summed E-state index contributed by atoms with van der Waals surface area (Å²) in [6.07, 6.45) is 0.317. The summed E-state index contributed by atoms with van der Waals surface area (Å²) in [5.41, 5.74) is 0. The van der Waals surface area contributed by atoms with E-state index in [-0.39, 0.29) is 0 Å². The van der Waals surface area contributed by atoms with Crippen LogP contribution in [0.5, 0.6) is 0 Å². The lowest BCUT2D eigenvalue weighted by atomic mass is 10.3. The number of rotatable bonds is 8. The lowest BCUT2D eigenvalue weighted by Gasteiger charge is -2.27. The van der Waals surface area contributed by atoms with Crippen LogP contribution in [0.4, 0.5) is 0 Å². The van der Waals surface area contributed by atoms with Crippen LogP contribution in [0.15, 0.2) is 0 Å². The summed E-state index contributed by atoms with van der Waals surface area (Å²) in [7, 11) is 3.78. The van der Waals surface area contributed by atoms with Crippen molar-refractivity contribution < 1.29 is 14.2 Å². The van der Waals surface area contributed by atoms with Crippen molar-refractivity contribution in [3.8, 4) is 0 Å². The van der Waals surface area contributed by atoms with Gasteiger partial charge in [-0.25, -0.2) is 0 Å². The largest absolute Gasteiger partial charge is 0.382 e. The Hall–Kier alpha value is -0.200. The maximum absolute atomic E-state index is 5.63. The van der Waals surface area contributed by atoms with Crippen LogP contribution >= 0.6 is 0 Å². The Morgan fingerprint density at radius 1 is 1.38 bits per heavy atom. The number of likely N-dealkylation sites (N-methyl/N-ethyl adjacent to an activating group) is 1. The van der Waals surface area contributed by atoms with Crippen molar-refractivity contribution in [1.82, 2.24) is 10.2 Å². The van der Waals surface area contributed by atoms with E-state index in [1.807, 2.05) is 0 Å². The van der Waals surface area contributed by atoms with E-state index in [9.17, 15) is 0 Å². The second-order valence-corrected chi connectivity index (χ2v) is 4.06. The molecule has 0 radical (unpaired) electrons. The first kappa shape index (κ1) is 13.9. The Bertz CT molecular complexity index is 163. The summed E-state index contributed by atoms with van der Waals surface area (Å²) in [6.45, 7) is 6.73. The zero-order valence-electron chi connectivity index (χ0n) is 10.4. The molecular formula is C11H24N2O3. The van der Waals surface area contributed by atoms with Gasteiger partial charge in [0.05, 0.1) is 32.5 Å². The number of hydrogen-bond acceptors (Lipinski definition) is 5. The van der Waals surface area contributed by atoms with E-state index in [0.717, 1.165) is 39.4 Å². The number of methoxy groups -OCH3 is 1. The van der Waals surface area contributed by atoms with Crippen LogP contribution in [0, 0.1) is 0 Å². The lowest BCUT2D eigenvalue weighted by molar-refractivity contribution is 0.00270. The van der Waals surface area contributed by atoms with Gasteiger partial charge in [-0.15, -0.1) is 0 Å². The molecule has 0 amide bonds. The maximum Gasteiger partial charge on any atom is 0.0826 e. The molecule has 0 aromatic heterocycles. The molecule has 16 heavy (non-hydrogen) atoms. The second-order valence-electron chi connectivity index (χ2n) is 4.06. The third kappa shape index (κ3) is 6.40. The summed E-state index contributed by atoms with van der Waals surface area (Å²) in [5, 5.41) is 3.32. The van der Waals surface area contributed by atoms with Crippen molar-refractivity contribution >= 4 is 0 Å². The van der Waals surface area contributed by atoms with Gasteiger partial charge in [0, 0.05) is 33.3 Å². The first-order valence-corrected chi connectivity index (χ1v) is 5.90. The van der Waals surface area contributed by atoms with Crippen LogP contribution < -0.4 is 5.32 Å². The highest BCUT2D eigenvalue weighted by Crippen LogP contribution is 1.98. The highest BCUT2D eigenvalue weighted by Gasteiger charge is 2.14. The molecule has 1 saturated heterocycles. The lowest BCUT2D eigenvalue weighted by Crippen LogP contribution is -2.44. The molecule has 5 heteroatoms. The van der Waals surface area contributed by atoms with Gasteiger partial charge in [-0.05, 0) is 7.05 Å². The Morgan fingerprint density at radius 3 is 2.94 bits per heavy atom. The average molecular weight is 232 g/mol. The second kappa shape index (κ2) is 8.90. The average Bonchev–Trinajstić information content (AvgIpc) is 2.30. The van der Waals surface area contributed by atoms with Crippen molar-refractivity contribution in [3.63, 3.8) is 0 Å². The first-order chi connectivity index (χ1) is 7.83. The Morgan fingerprint density at radius 2 is 2.25 bits per heavy atom. The van der Waals surface area contributed by atoms with E-state index >= 15 is 0 Å². The number of morpholine rings is 1. The summed E-state index contributed by atoms with van der Waals surface area (Å²) >= 11 is 0. The zero-order chi connectivity index (χ0) is 11.6. The minimum absolute atomic E-state index is 0.317. The number of ether oxygens (including phenoxy) is 3. The molecule has 0 aromatic carbocycles. The fourth-order valence-corrected chi connectivity index (χ4v) is 1.64. The molecule has 1 rings (SSSR count). The molecule has 0 spiro atoms. The fourth-order valence-electron chi connectivity index (χ4n) is 1.64. The number of nitrogens with zero attached hydrogens (tertiary/aromatic N) is 1. The van der Waals surface area contributed by atoms with Gasteiger partial charge in [-0.2, -0.15) is 0 Å². The third-order valence-electron chi connectivity index (χ3n) is 2.57. The van der Waals surface area contributed by atoms with E-state index in [1.54, 1.807) is 7.11 Å². The van der Waals surface area contributed by atoms with Gasteiger partial charge >= 0.3 is 0 Å². The third-order valence-corrected chi connectivity index (χ3v) is 2.57. The van der Waals surface area contributed by atoms with Gasteiger partial charge in [0.25, 0.3) is 0 Å². The van der Waals surface area contributed by atoms with E-state index in [2.05, 4.69) is 17.3 Å². The molecule has 1 fully saturated rings. The summed E-state index contributed by atoms with van der Waals surface area (Å²) in [5.74, 6) is 0. The minimum atomic E-state index is 0.317. The molecule has 1 atom stereocenters. The summed E-state index contributed by atoms with van der Waals surface area (Å²) in [4.78, 5) is 2.24. The molecule has 0 bridgehead atoms. The SMILES string of the molecule is COCCOCCN(C)CC1CNCCO1. The predicted molar refractivity (Wildman–Crippen MR) is 62.8 cm³/mol. The van der Waals surface area contributed by atoms with Gasteiger partial charge in [0.2, 0.25) is 0 Å². The van der Waals surface area contributed by atoms with E-state index in [0.29, 0.717) is 19.3 Å².